The van der Waals surface area contributed by atoms with Gasteiger partial charge in [0.25, 0.3) is 0 Å². The van der Waals surface area contributed by atoms with Crippen LogP contribution in [-0.2, 0) is 14.8 Å². The molecule has 0 aliphatic carbocycles. The SMILES string of the molecule is CCOCNS(=O)(=O)c1ccc(OC)c(Cl)c1. The number of hydrogen-bond donors (Lipinski definition) is 1. The summed E-state index contributed by atoms with van der Waals surface area (Å²) >= 11 is 5.85. The summed E-state index contributed by atoms with van der Waals surface area (Å²) < 4.78 is 35.7. The van der Waals surface area contributed by atoms with Crippen molar-refractivity contribution in [2.75, 3.05) is 20.4 Å². The molecule has 1 N–H and O–H groups in total. The maximum atomic E-state index is 11.8. The second-order valence-corrected chi connectivity index (χ2v) is 5.26. The molecule has 0 fully saturated rings. The predicted molar refractivity (Wildman–Crippen MR) is 64.8 cm³/mol. The van der Waals surface area contributed by atoms with Crippen molar-refractivity contribution in [1.82, 2.24) is 4.72 Å². The molecule has 0 bridgehead atoms. The average molecular weight is 280 g/mol. The highest BCUT2D eigenvalue weighted by molar-refractivity contribution is 7.89. The summed E-state index contributed by atoms with van der Waals surface area (Å²) in [5, 5.41) is 0.242. The Labute approximate surface area is 106 Å². The van der Waals surface area contributed by atoms with Gasteiger partial charge in [-0.1, -0.05) is 11.6 Å². The molecule has 0 aromatic heterocycles. The van der Waals surface area contributed by atoms with Gasteiger partial charge in [-0.3, -0.25) is 0 Å². The van der Waals surface area contributed by atoms with E-state index in [1.54, 1.807) is 6.92 Å². The van der Waals surface area contributed by atoms with Crippen LogP contribution in [0.1, 0.15) is 6.92 Å². The standard InChI is InChI=1S/C10H14ClNO4S/c1-3-16-7-12-17(13,14)8-4-5-10(15-2)9(11)6-8/h4-6,12H,3,7H2,1-2H3. The number of sulfonamides is 1. The van der Waals surface area contributed by atoms with Crippen LogP contribution in [0, 0.1) is 0 Å². The lowest BCUT2D eigenvalue weighted by atomic mass is 10.3. The molecule has 0 amide bonds. The summed E-state index contributed by atoms with van der Waals surface area (Å²) in [5.74, 6) is 0.426. The zero-order valence-corrected chi connectivity index (χ0v) is 11.1. The van der Waals surface area contributed by atoms with Gasteiger partial charge in [0.2, 0.25) is 10.0 Å². The van der Waals surface area contributed by atoms with Crippen molar-refractivity contribution in [2.24, 2.45) is 0 Å². The van der Waals surface area contributed by atoms with E-state index in [1.807, 2.05) is 0 Å². The molecule has 0 saturated carbocycles. The zero-order chi connectivity index (χ0) is 12.9. The third-order valence-electron chi connectivity index (χ3n) is 1.99. The molecule has 0 aliphatic rings. The van der Waals surface area contributed by atoms with Crippen LogP contribution in [0.4, 0.5) is 0 Å². The second kappa shape index (κ2) is 6.20. The fourth-order valence-corrected chi connectivity index (χ4v) is 2.37. The highest BCUT2D eigenvalue weighted by atomic mass is 35.5. The van der Waals surface area contributed by atoms with Crippen molar-refractivity contribution in [3.05, 3.63) is 23.2 Å². The Morgan fingerprint density at radius 3 is 2.65 bits per heavy atom. The van der Waals surface area contributed by atoms with E-state index in [1.165, 1.54) is 25.3 Å². The predicted octanol–water partition coefficient (Wildman–Crippen LogP) is 1.62. The van der Waals surface area contributed by atoms with Gasteiger partial charge in [0.15, 0.2) is 0 Å². The number of rotatable bonds is 6. The number of nitrogens with one attached hydrogen (secondary N) is 1. The Bertz CT molecular complexity index is 475. The zero-order valence-electron chi connectivity index (χ0n) is 9.57. The Morgan fingerprint density at radius 1 is 1.41 bits per heavy atom. The van der Waals surface area contributed by atoms with E-state index in [0.717, 1.165) is 0 Å². The molecule has 1 aromatic carbocycles. The van der Waals surface area contributed by atoms with Crippen molar-refractivity contribution < 1.29 is 17.9 Å². The average Bonchev–Trinajstić information content (AvgIpc) is 2.29. The lowest BCUT2D eigenvalue weighted by molar-refractivity contribution is 0.144. The summed E-state index contributed by atoms with van der Waals surface area (Å²) in [6, 6.07) is 4.24. The van der Waals surface area contributed by atoms with Gasteiger partial charge in [-0.25, -0.2) is 8.42 Å². The quantitative estimate of drug-likeness (QED) is 0.635. The Balaban J connectivity index is 2.88. The molecule has 0 atom stereocenters. The normalized spacial score (nSPS) is 11.5. The maximum absolute atomic E-state index is 11.8. The number of ether oxygens (including phenoxy) is 2. The van der Waals surface area contributed by atoms with E-state index in [9.17, 15) is 8.42 Å². The Kier molecular flexibility index (Phi) is 5.20. The summed E-state index contributed by atoms with van der Waals surface area (Å²) in [7, 11) is -2.13. The minimum Gasteiger partial charge on any atom is -0.495 e. The summed E-state index contributed by atoms with van der Waals surface area (Å²) in [6.45, 7) is 2.15. The van der Waals surface area contributed by atoms with Crippen LogP contribution in [0.5, 0.6) is 5.75 Å². The number of hydrogen-bond acceptors (Lipinski definition) is 4. The topological polar surface area (TPSA) is 64.6 Å². The van der Waals surface area contributed by atoms with Gasteiger partial charge in [0, 0.05) is 6.61 Å². The van der Waals surface area contributed by atoms with Crippen LogP contribution in [0.2, 0.25) is 5.02 Å². The first kappa shape index (κ1) is 14.2. The Morgan fingerprint density at radius 2 is 2.12 bits per heavy atom. The van der Waals surface area contributed by atoms with Gasteiger partial charge >= 0.3 is 0 Å². The fourth-order valence-electron chi connectivity index (χ4n) is 1.12. The third kappa shape index (κ3) is 3.85. The maximum Gasteiger partial charge on any atom is 0.242 e. The van der Waals surface area contributed by atoms with Crippen LogP contribution in [-0.4, -0.2) is 28.9 Å². The summed E-state index contributed by atoms with van der Waals surface area (Å²) in [4.78, 5) is 0.0722. The van der Waals surface area contributed by atoms with Crippen LogP contribution in [0.15, 0.2) is 23.1 Å². The van der Waals surface area contributed by atoms with E-state index in [4.69, 9.17) is 21.1 Å². The molecule has 96 valence electrons. The van der Waals surface area contributed by atoms with Crippen molar-refractivity contribution in [3.8, 4) is 5.75 Å². The molecule has 0 aliphatic heterocycles. The van der Waals surface area contributed by atoms with Crippen molar-refractivity contribution in [2.45, 2.75) is 11.8 Å². The summed E-state index contributed by atoms with van der Waals surface area (Å²) in [5.41, 5.74) is 0. The monoisotopic (exact) mass is 279 g/mol. The van der Waals surface area contributed by atoms with Crippen LogP contribution in [0.3, 0.4) is 0 Å². The lowest BCUT2D eigenvalue weighted by Crippen LogP contribution is -2.26. The van der Waals surface area contributed by atoms with Gasteiger partial charge in [-0.15, -0.1) is 0 Å². The molecular weight excluding hydrogens is 266 g/mol. The smallest absolute Gasteiger partial charge is 0.242 e. The Hall–Kier alpha value is -0.820. The van der Waals surface area contributed by atoms with Crippen LogP contribution >= 0.6 is 11.6 Å². The molecule has 0 saturated heterocycles. The number of halogens is 1. The minimum atomic E-state index is -3.60. The van der Waals surface area contributed by atoms with Crippen LogP contribution < -0.4 is 9.46 Å². The number of methoxy groups -OCH3 is 1. The van der Waals surface area contributed by atoms with Gasteiger partial charge < -0.3 is 9.47 Å². The second-order valence-electron chi connectivity index (χ2n) is 3.08. The molecule has 1 rings (SSSR count). The molecule has 7 heteroatoms. The van der Waals surface area contributed by atoms with Gasteiger partial charge in [-0.05, 0) is 25.1 Å². The molecule has 1 aromatic rings. The lowest BCUT2D eigenvalue weighted by Gasteiger charge is -2.08. The van der Waals surface area contributed by atoms with Crippen molar-refractivity contribution in [1.29, 1.82) is 0 Å². The van der Waals surface area contributed by atoms with E-state index < -0.39 is 10.0 Å². The minimum absolute atomic E-state index is 0.0670. The number of benzene rings is 1. The molecule has 5 nitrogen and oxygen atoms in total. The van der Waals surface area contributed by atoms with Gasteiger partial charge in [0.05, 0.1) is 17.0 Å². The molecule has 17 heavy (non-hydrogen) atoms. The van der Waals surface area contributed by atoms with Gasteiger partial charge in [-0.2, -0.15) is 4.72 Å². The molecular formula is C10H14ClNO4S. The molecule has 0 heterocycles. The largest absolute Gasteiger partial charge is 0.495 e. The first-order chi connectivity index (χ1) is 8.01. The molecule has 0 spiro atoms. The highest BCUT2D eigenvalue weighted by Crippen LogP contribution is 2.26. The fraction of sp³-hybridized carbons (Fsp3) is 0.400. The van der Waals surface area contributed by atoms with Crippen molar-refractivity contribution in [3.63, 3.8) is 0 Å². The highest BCUT2D eigenvalue weighted by Gasteiger charge is 2.15. The van der Waals surface area contributed by atoms with E-state index in [2.05, 4.69) is 4.72 Å². The molecule has 0 radical (unpaired) electrons. The van der Waals surface area contributed by atoms with Crippen molar-refractivity contribution >= 4 is 21.6 Å². The third-order valence-corrected chi connectivity index (χ3v) is 3.66. The first-order valence-corrected chi connectivity index (χ1v) is 6.78. The van der Waals surface area contributed by atoms with E-state index >= 15 is 0 Å². The van der Waals surface area contributed by atoms with Gasteiger partial charge in [0.1, 0.15) is 12.5 Å². The van der Waals surface area contributed by atoms with E-state index in [-0.39, 0.29) is 16.6 Å². The molecule has 0 unspecified atom stereocenters. The first-order valence-electron chi connectivity index (χ1n) is 4.92. The van der Waals surface area contributed by atoms with E-state index in [0.29, 0.717) is 12.4 Å². The van der Waals surface area contributed by atoms with Crippen LogP contribution in [0.25, 0.3) is 0 Å². The summed E-state index contributed by atoms with van der Waals surface area (Å²) in [6.07, 6.45) is 0.